The first-order chi connectivity index (χ1) is 12.8. The number of carbonyl (C=O) groups excluding carboxylic acids is 1. The van der Waals surface area contributed by atoms with E-state index >= 15 is 0 Å². The third-order valence-electron chi connectivity index (χ3n) is 6.05. The van der Waals surface area contributed by atoms with Gasteiger partial charge in [0.1, 0.15) is 0 Å². The quantitative estimate of drug-likeness (QED) is 0.700. The topological polar surface area (TPSA) is 59.0 Å². The molecule has 0 spiro atoms. The van der Waals surface area contributed by atoms with Crippen molar-refractivity contribution in [3.05, 3.63) is 11.8 Å². The minimum absolute atomic E-state index is 0.0554. The first-order valence-corrected chi connectivity index (χ1v) is 10.7. The molecule has 1 saturated heterocycles. The maximum atomic E-state index is 13.1. The van der Waals surface area contributed by atoms with Crippen molar-refractivity contribution in [3.8, 4) is 0 Å². The van der Waals surface area contributed by atoms with Gasteiger partial charge in [-0.15, -0.1) is 0 Å². The van der Waals surface area contributed by atoms with Gasteiger partial charge < -0.3 is 19.5 Å². The number of carbonyl (C=O) groups is 1. The smallest absolute Gasteiger partial charge is 0.288 e. The first-order valence-electron chi connectivity index (χ1n) is 10.7. The molecular formula is C21H35NO4. The minimum atomic E-state index is -0.321. The number of aliphatic hydroxyl groups excluding tert-OH is 1. The van der Waals surface area contributed by atoms with Crippen LogP contribution in [-0.2, 0) is 14.3 Å². The Hall–Kier alpha value is -1.07. The normalized spacial score (nSPS) is 27.7. The molecule has 0 radical (unpaired) electrons. The van der Waals surface area contributed by atoms with Crippen molar-refractivity contribution in [2.24, 2.45) is 11.8 Å². The van der Waals surface area contributed by atoms with Crippen molar-refractivity contribution < 1.29 is 19.4 Å². The van der Waals surface area contributed by atoms with Gasteiger partial charge in [0, 0.05) is 26.1 Å². The predicted octanol–water partition coefficient (Wildman–Crippen LogP) is 3.61. The van der Waals surface area contributed by atoms with E-state index in [0.29, 0.717) is 24.2 Å². The number of ether oxygens (including phenoxy) is 2. The molecule has 0 bridgehead atoms. The zero-order valence-electron chi connectivity index (χ0n) is 16.0. The fourth-order valence-corrected chi connectivity index (χ4v) is 4.17. The fourth-order valence-electron chi connectivity index (χ4n) is 4.17. The lowest BCUT2D eigenvalue weighted by atomic mass is 9.73. The highest BCUT2D eigenvalue weighted by Crippen LogP contribution is 2.40. The van der Waals surface area contributed by atoms with Crippen molar-refractivity contribution >= 4 is 5.91 Å². The average molecular weight is 366 g/mol. The van der Waals surface area contributed by atoms with Crippen LogP contribution in [0.1, 0.15) is 70.6 Å². The number of likely N-dealkylation sites (tertiary alicyclic amines) is 1. The molecule has 2 fully saturated rings. The number of amides is 1. The van der Waals surface area contributed by atoms with Crippen LogP contribution in [0.4, 0.5) is 0 Å². The standard InChI is InChI=1S/C21H35NO4/c23-13-6-7-14-25-20-16-18(17-9-8-10-17)15-19(26-20)21(24)22-11-4-2-1-3-5-12-22/h15,17-18,20,23H,1-14,16H2/t18-,20+/m1/s1. The molecule has 1 saturated carbocycles. The SMILES string of the molecule is O=C(C1=C[C@@H](C2CCC2)C[C@@H](OCCCCO)O1)N1CCCCCCC1. The first kappa shape index (κ1) is 19.7. The van der Waals surface area contributed by atoms with Crippen molar-refractivity contribution in [1.82, 2.24) is 4.90 Å². The maximum absolute atomic E-state index is 13.1. The van der Waals surface area contributed by atoms with Crippen LogP contribution in [0.2, 0.25) is 0 Å². The van der Waals surface area contributed by atoms with Gasteiger partial charge in [-0.2, -0.15) is 0 Å². The van der Waals surface area contributed by atoms with Crippen LogP contribution in [0, 0.1) is 11.8 Å². The second-order valence-corrected chi connectivity index (χ2v) is 8.03. The van der Waals surface area contributed by atoms with Crippen molar-refractivity contribution in [3.63, 3.8) is 0 Å². The minimum Gasteiger partial charge on any atom is -0.459 e. The lowest BCUT2D eigenvalue weighted by Gasteiger charge is -2.38. The molecule has 0 unspecified atom stereocenters. The van der Waals surface area contributed by atoms with E-state index in [0.717, 1.165) is 45.2 Å². The molecular weight excluding hydrogens is 330 g/mol. The monoisotopic (exact) mass is 365 g/mol. The van der Waals surface area contributed by atoms with E-state index in [2.05, 4.69) is 6.08 Å². The number of hydrogen-bond donors (Lipinski definition) is 1. The summed E-state index contributed by atoms with van der Waals surface area (Å²) in [6.45, 7) is 2.46. The Labute approximate surface area is 157 Å². The highest BCUT2D eigenvalue weighted by molar-refractivity contribution is 5.91. The van der Waals surface area contributed by atoms with Crippen molar-refractivity contribution in [2.45, 2.75) is 76.9 Å². The molecule has 1 aliphatic carbocycles. The van der Waals surface area contributed by atoms with Crippen molar-refractivity contribution in [2.75, 3.05) is 26.3 Å². The van der Waals surface area contributed by atoms with Crippen LogP contribution in [0.5, 0.6) is 0 Å². The average Bonchev–Trinajstić information content (AvgIpc) is 2.56. The van der Waals surface area contributed by atoms with Gasteiger partial charge in [-0.05, 0) is 56.4 Å². The molecule has 2 heterocycles. The number of aliphatic hydroxyl groups is 1. The van der Waals surface area contributed by atoms with Gasteiger partial charge in [0.25, 0.3) is 5.91 Å². The number of hydrogen-bond acceptors (Lipinski definition) is 4. The molecule has 5 nitrogen and oxygen atoms in total. The van der Waals surface area contributed by atoms with Gasteiger partial charge in [0.15, 0.2) is 5.76 Å². The predicted molar refractivity (Wildman–Crippen MR) is 100 cm³/mol. The molecule has 3 aliphatic rings. The zero-order valence-corrected chi connectivity index (χ0v) is 16.0. The molecule has 0 aromatic carbocycles. The zero-order chi connectivity index (χ0) is 18.2. The summed E-state index contributed by atoms with van der Waals surface area (Å²) in [6, 6.07) is 0. The highest BCUT2D eigenvalue weighted by atomic mass is 16.7. The van der Waals surface area contributed by atoms with Crippen LogP contribution in [0.25, 0.3) is 0 Å². The summed E-state index contributed by atoms with van der Waals surface area (Å²) in [6.07, 6.45) is 13.9. The molecule has 2 aliphatic heterocycles. The Morgan fingerprint density at radius 1 is 1.12 bits per heavy atom. The molecule has 5 heteroatoms. The second-order valence-electron chi connectivity index (χ2n) is 8.03. The molecule has 2 atom stereocenters. The molecule has 0 aromatic heterocycles. The molecule has 0 aromatic rings. The van der Waals surface area contributed by atoms with Gasteiger partial charge in [0.2, 0.25) is 6.29 Å². The Kier molecular flexibility index (Phi) is 7.81. The number of rotatable bonds is 7. The lowest BCUT2D eigenvalue weighted by Crippen LogP contribution is -2.39. The summed E-state index contributed by atoms with van der Waals surface area (Å²) in [5.41, 5.74) is 0. The highest BCUT2D eigenvalue weighted by Gasteiger charge is 2.35. The van der Waals surface area contributed by atoms with Gasteiger partial charge in [-0.1, -0.05) is 25.7 Å². The third kappa shape index (κ3) is 5.46. The Balaban J connectivity index is 1.61. The van der Waals surface area contributed by atoms with E-state index < -0.39 is 0 Å². The molecule has 1 N–H and O–H groups in total. The summed E-state index contributed by atoms with van der Waals surface area (Å²) >= 11 is 0. The Morgan fingerprint density at radius 2 is 1.85 bits per heavy atom. The summed E-state index contributed by atoms with van der Waals surface area (Å²) in [7, 11) is 0. The van der Waals surface area contributed by atoms with Crippen LogP contribution in [0.15, 0.2) is 11.8 Å². The molecule has 26 heavy (non-hydrogen) atoms. The van der Waals surface area contributed by atoms with E-state index in [1.165, 1.54) is 38.5 Å². The van der Waals surface area contributed by atoms with Crippen LogP contribution < -0.4 is 0 Å². The summed E-state index contributed by atoms with van der Waals surface area (Å²) in [5.74, 6) is 1.65. The van der Waals surface area contributed by atoms with Crippen molar-refractivity contribution in [1.29, 1.82) is 0 Å². The largest absolute Gasteiger partial charge is 0.459 e. The molecule has 1 amide bonds. The van der Waals surface area contributed by atoms with Gasteiger partial charge in [-0.3, -0.25) is 4.79 Å². The fraction of sp³-hybridized carbons (Fsp3) is 0.857. The van der Waals surface area contributed by atoms with Gasteiger partial charge in [-0.25, -0.2) is 0 Å². The third-order valence-corrected chi connectivity index (χ3v) is 6.05. The Morgan fingerprint density at radius 3 is 2.50 bits per heavy atom. The van der Waals surface area contributed by atoms with E-state index in [4.69, 9.17) is 14.6 Å². The second kappa shape index (κ2) is 10.3. The summed E-state index contributed by atoms with van der Waals surface area (Å²) < 4.78 is 11.9. The van der Waals surface area contributed by atoms with E-state index in [1.807, 2.05) is 4.90 Å². The van der Waals surface area contributed by atoms with E-state index in [1.54, 1.807) is 0 Å². The Bertz CT molecular complexity index is 467. The number of allylic oxidation sites excluding steroid dienone is 1. The van der Waals surface area contributed by atoms with Gasteiger partial charge in [0.05, 0.1) is 6.61 Å². The van der Waals surface area contributed by atoms with Crippen LogP contribution in [0.3, 0.4) is 0 Å². The molecule has 3 rings (SSSR count). The summed E-state index contributed by atoms with van der Waals surface area (Å²) in [5, 5.41) is 8.91. The molecule has 148 valence electrons. The van der Waals surface area contributed by atoms with Gasteiger partial charge >= 0.3 is 0 Å². The van der Waals surface area contributed by atoms with E-state index in [9.17, 15) is 4.79 Å². The maximum Gasteiger partial charge on any atom is 0.288 e. The number of unbranched alkanes of at least 4 members (excludes halogenated alkanes) is 1. The van der Waals surface area contributed by atoms with E-state index in [-0.39, 0.29) is 18.8 Å². The van der Waals surface area contributed by atoms with Crippen LogP contribution >= 0.6 is 0 Å². The lowest BCUT2D eigenvalue weighted by molar-refractivity contribution is -0.158. The number of nitrogens with zero attached hydrogens (tertiary/aromatic N) is 1. The van der Waals surface area contributed by atoms with Crippen LogP contribution in [-0.4, -0.2) is 48.5 Å². The summed E-state index contributed by atoms with van der Waals surface area (Å²) in [4.78, 5) is 15.0.